The maximum Gasteiger partial charge on any atom is 0.419 e. The minimum Gasteiger partial charge on any atom is -0.496 e. The molecule has 1 aromatic carbocycles. The lowest BCUT2D eigenvalue weighted by atomic mass is 9.84. The van der Waals surface area contributed by atoms with Crippen LogP contribution < -0.4 is 10.1 Å². The topological polar surface area (TPSA) is 86.1 Å². The highest BCUT2D eigenvalue weighted by Gasteiger charge is 2.38. The largest absolute Gasteiger partial charge is 0.496 e. The molecule has 172 valence electrons. The number of benzene rings is 1. The lowest BCUT2D eigenvalue weighted by Crippen LogP contribution is -2.29. The SMILES string of the molecule is COc1cc(C2C[C@H](C)n3ncc(NC(=O)c4cncc(F)c4)c3C2=O)ccc1C(F)(F)F. The number of carbonyl (C=O) groups excluding carboxylic acids is 2. The molecule has 3 aromatic rings. The number of Topliss-reactive ketones (excluding diaryl/α,β-unsaturated/α-hetero) is 1. The summed E-state index contributed by atoms with van der Waals surface area (Å²) in [6, 6.07) is 4.07. The zero-order chi connectivity index (χ0) is 23.9. The van der Waals surface area contributed by atoms with Gasteiger partial charge in [0.2, 0.25) is 0 Å². The van der Waals surface area contributed by atoms with Crippen molar-refractivity contribution < 1.29 is 31.9 Å². The lowest BCUT2D eigenvalue weighted by molar-refractivity contribution is -0.138. The molecule has 0 spiro atoms. The normalized spacial score (nSPS) is 18.1. The molecule has 1 aliphatic heterocycles. The number of hydrogen-bond donors (Lipinski definition) is 1. The number of amides is 1. The Morgan fingerprint density at radius 1 is 1.21 bits per heavy atom. The molecule has 2 atom stereocenters. The standard InChI is InChI=1S/C22H18F4N4O3/c1-11-5-15(12-3-4-16(22(24,25)26)18(7-12)33-2)20(31)19-17(10-28-30(11)19)29-21(32)13-6-14(23)9-27-8-13/h3-4,6-11,15H,5H2,1-2H3,(H,29,32)/t11-,15?/m0/s1. The van der Waals surface area contributed by atoms with Crippen molar-refractivity contribution in [3.8, 4) is 5.75 Å². The van der Waals surface area contributed by atoms with Crippen molar-refractivity contribution >= 4 is 17.4 Å². The summed E-state index contributed by atoms with van der Waals surface area (Å²) in [4.78, 5) is 29.5. The van der Waals surface area contributed by atoms with Gasteiger partial charge in [-0.1, -0.05) is 6.07 Å². The molecule has 33 heavy (non-hydrogen) atoms. The zero-order valence-corrected chi connectivity index (χ0v) is 17.5. The van der Waals surface area contributed by atoms with Crippen LogP contribution in [0.1, 0.15) is 57.3 Å². The van der Waals surface area contributed by atoms with Crippen molar-refractivity contribution in [1.82, 2.24) is 14.8 Å². The van der Waals surface area contributed by atoms with Crippen LogP contribution in [-0.4, -0.2) is 33.6 Å². The third-order valence-electron chi connectivity index (χ3n) is 5.49. The number of ether oxygens (including phenoxy) is 1. The van der Waals surface area contributed by atoms with Gasteiger partial charge in [0.05, 0.1) is 48.3 Å². The molecule has 1 aliphatic rings. The number of ketones is 1. The highest BCUT2D eigenvalue weighted by Crippen LogP contribution is 2.42. The van der Waals surface area contributed by atoms with Gasteiger partial charge in [-0.15, -0.1) is 0 Å². The molecular formula is C22H18F4N4O3. The minimum absolute atomic E-state index is 0.0460. The molecule has 0 saturated heterocycles. The molecule has 1 N–H and O–H groups in total. The first-order valence-electron chi connectivity index (χ1n) is 9.89. The lowest BCUT2D eigenvalue weighted by Gasteiger charge is -2.28. The second-order valence-electron chi connectivity index (χ2n) is 7.66. The van der Waals surface area contributed by atoms with Crippen LogP contribution >= 0.6 is 0 Å². The first kappa shape index (κ1) is 22.4. The first-order chi connectivity index (χ1) is 15.6. The van der Waals surface area contributed by atoms with Gasteiger partial charge in [-0.25, -0.2) is 4.39 Å². The van der Waals surface area contributed by atoms with Gasteiger partial charge in [0.25, 0.3) is 5.91 Å². The summed E-state index contributed by atoms with van der Waals surface area (Å²) in [6.45, 7) is 1.80. The van der Waals surface area contributed by atoms with Crippen molar-refractivity contribution in [2.24, 2.45) is 0 Å². The molecule has 0 aliphatic carbocycles. The van der Waals surface area contributed by atoms with Gasteiger partial charge in [-0.05, 0) is 37.1 Å². The molecular weight excluding hydrogens is 444 g/mol. The molecule has 0 saturated carbocycles. The van der Waals surface area contributed by atoms with Crippen LogP contribution in [0.2, 0.25) is 0 Å². The molecule has 3 heterocycles. The van der Waals surface area contributed by atoms with Gasteiger partial charge in [0.1, 0.15) is 17.3 Å². The maximum absolute atomic E-state index is 13.4. The van der Waals surface area contributed by atoms with Gasteiger partial charge < -0.3 is 10.1 Å². The molecule has 4 rings (SSSR count). The zero-order valence-electron chi connectivity index (χ0n) is 17.5. The van der Waals surface area contributed by atoms with E-state index in [0.29, 0.717) is 12.0 Å². The van der Waals surface area contributed by atoms with E-state index < -0.39 is 35.2 Å². The van der Waals surface area contributed by atoms with Gasteiger partial charge in [0.15, 0.2) is 5.78 Å². The number of pyridine rings is 1. The molecule has 11 heteroatoms. The summed E-state index contributed by atoms with van der Waals surface area (Å²) in [7, 11) is 1.13. The summed E-state index contributed by atoms with van der Waals surface area (Å²) < 4.78 is 59.4. The van der Waals surface area contributed by atoms with E-state index in [-0.39, 0.29) is 28.7 Å². The van der Waals surface area contributed by atoms with E-state index in [0.717, 1.165) is 25.4 Å². The molecule has 1 unspecified atom stereocenters. The number of alkyl halides is 3. The summed E-state index contributed by atoms with van der Waals surface area (Å²) in [5.74, 6) is -2.95. The van der Waals surface area contributed by atoms with E-state index >= 15 is 0 Å². The fourth-order valence-electron chi connectivity index (χ4n) is 3.92. The average Bonchev–Trinajstić information content (AvgIpc) is 3.19. The fourth-order valence-corrected chi connectivity index (χ4v) is 3.92. The quantitative estimate of drug-likeness (QED) is 0.572. The first-order valence-corrected chi connectivity index (χ1v) is 9.89. The summed E-state index contributed by atoms with van der Waals surface area (Å²) in [5, 5.41) is 6.72. The van der Waals surface area contributed by atoms with Crippen LogP contribution in [0.25, 0.3) is 0 Å². The second-order valence-corrected chi connectivity index (χ2v) is 7.66. The number of halogens is 4. The van der Waals surface area contributed by atoms with E-state index in [1.54, 1.807) is 6.92 Å². The number of hydrogen-bond acceptors (Lipinski definition) is 5. The highest BCUT2D eigenvalue weighted by atomic mass is 19.4. The predicted octanol–water partition coefficient (Wildman–Crippen LogP) is 4.63. The van der Waals surface area contributed by atoms with Crippen LogP contribution in [0.4, 0.5) is 23.2 Å². The minimum atomic E-state index is -4.60. The number of methoxy groups -OCH3 is 1. The van der Waals surface area contributed by atoms with Gasteiger partial charge in [-0.3, -0.25) is 19.3 Å². The second kappa shape index (κ2) is 8.30. The number of aromatic nitrogens is 3. The van der Waals surface area contributed by atoms with Crippen LogP contribution in [0, 0.1) is 5.82 Å². The van der Waals surface area contributed by atoms with Gasteiger partial charge in [-0.2, -0.15) is 18.3 Å². The van der Waals surface area contributed by atoms with E-state index in [4.69, 9.17) is 4.74 Å². The summed E-state index contributed by atoms with van der Waals surface area (Å²) >= 11 is 0. The van der Waals surface area contributed by atoms with Crippen LogP contribution in [0.15, 0.2) is 42.9 Å². The Hall–Kier alpha value is -3.76. The van der Waals surface area contributed by atoms with Gasteiger partial charge in [0, 0.05) is 6.20 Å². The Bertz CT molecular complexity index is 1240. The maximum atomic E-state index is 13.4. The molecule has 7 nitrogen and oxygen atoms in total. The van der Waals surface area contributed by atoms with Crippen molar-refractivity contribution in [2.45, 2.75) is 31.5 Å². The van der Waals surface area contributed by atoms with Crippen LogP contribution in [0.5, 0.6) is 5.75 Å². The van der Waals surface area contributed by atoms with E-state index in [2.05, 4.69) is 15.4 Å². The highest BCUT2D eigenvalue weighted by molar-refractivity contribution is 6.10. The predicted molar refractivity (Wildman–Crippen MR) is 109 cm³/mol. The van der Waals surface area contributed by atoms with Crippen molar-refractivity contribution in [3.05, 3.63) is 71.1 Å². The number of nitrogens with one attached hydrogen (secondary N) is 1. The number of nitrogens with zero attached hydrogens (tertiary/aromatic N) is 3. The number of rotatable bonds is 4. The molecule has 0 bridgehead atoms. The number of anilines is 1. The Morgan fingerprint density at radius 2 is 1.97 bits per heavy atom. The van der Waals surface area contributed by atoms with Crippen molar-refractivity contribution in [2.75, 3.05) is 12.4 Å². The molecule has 1 amide bonds. The Kier molecular flexibility index (Phi) is 5.64. The van der Waals surface area contributed by atoms with E-state index in [1.807, 2.05) is 0 Å². The molecule has 0 fully saturated rings. The Balaban J connectivity index is 1.67. The smallest absolute Gasteiger partial charge is 0.419 e. The molecule has 2 aromatic heterocycles. The number of fused-ring (bicyclic) bond motifs is 1. The third-order valence-corrected chi connectivity index (χ3v) is 5.49. The number of carbonyl (C=O) groups is 2. The third kappa shape index (κ3) is 4.18. The monoisotopic (exact) mass is 462 g/mol. The summed E-state index contributed by atoms with van der Waals surface area (Å²) in [6.07, 6.45) is -0.869. The van der Waals surface area contributed by atoms with Crippen molar-refractivity contribution in [1.29, 1.82) is 0 Å². The van der Waals surface area contributed by atoms with Crippen LogP contribution in [0.3, 0.4) is 0 Å². The van der Waals surface area contributed by atoms with Gasteiger partial charge >= 0.3 is 6.18 Å². The van der Waals surface area contributed by atoms with Crippen LogP contribution in [-0.2, 0) is 6.18 Å². The Labute approximate surface area is 185 Å². The fraction of sp³-hybridized carbons (Fsp3) is 0.273. The van der Waals surface area contributed by atoms with E-state index in [1.165, 1.54) is 29.2 Å². The average molecular weight is 462 g/mol. The van der Waals surface area contributed by atoms with Crippen molar-refractivity contribution in [3.63, 3.8) is 0 Å². The summed E-state index contributed by atoms with van der Waals surface area (Å²) in [5.41, 5.74) is -0.405. The van der Waals surface area contributed by atoms with E-state index in [9.17, 15) is 27.2 Å². The Morgan fingerprint density at radius 3 is 2.64 bits per heavy atom. The molecule has 0 radical (unpaired) electrons.